The molecule has 25 heavy (non-hydrogen) atoms. The van der Waals surface area contributed by atoms with Gasteiger partial charge in [-0.3, -0.25) is 4.79 Å². The number of aromatic nitrogens is 1. The van der Waals surface area contributed by atoms with Crippen molar-refractivity contribution in [1.82, 2.24) is 15.6 Å². The Labute approximate surface area is 160 Å². The fourth-order valence-corrected chi connectivity index (χ4v) is 2.72. The maximum absolute atomic E-state index is 12.7. The van der Waals surface area contributed by atoms with Crippen molar-refractivity contribution in [2.75, 3.05) is 20.1 Å². The van der Waals surface area contributed by atoms with E-state index in [9.17, 15) is 18.0 Å². The van der Waals surface area contributed by atoms with Gasteiger partial charge in [-0.25, -0.2) is 4.98 Å². The summed E-state index contributed by atoms with van der Waals surface area (Å²) in [7, 11) is 1.79. The molecule has 0 saturated heterocycles. The molecule has 140 valence electrons. The minimum atomic E-state index is -4.39. The first-order valence-corrected chi connectivity index (χ1v) is 7.81. The number of amides is 1. The first-order chi connectivity index (χ1) is 10.9. The lowest BCUT2D eigenvalue weighted by atomic mass is 10.1. The Kier molecular flexibility index (Phi) is 10.0. The summed E-state index contributed by atoms with van der Waals surface area (Å²) in [4.78, 5) is 15.9. The zero-order chi connectivity index (χ0) is 16.9. The van der Waals surface area contributed by atoms with E-state index in [1.807, 2.05) is 0 Å². The maximum atomic E-state index is 12.7. The highest BCUT2D eigenvalue weighted by Crippen LogP contribution is 2.33. The topological polar surface area (TPSA) is 54.0 Å². The summed E-state index contributed by atoms with van der Waals surface area (Å²) in [5.41, 5.74) is 0.229. The fourth-order valence-electron chi connectivity index (χ4n) is 1.90. The van der Waals surface area contributed by atoms with Gasteiger partial charge >= 0.3 is 6.18 Å². The van der Waals surface area contributed by atoms with Crippen LogP contribution in [0.2, 0.25) is 0 Å². The van der Waals surface area contributed by atoms with Gasteiger partial charge in [0.2, 0.25) is 5.91 Å². The predicted octanol–water partition coefficient (Wildman–Crippen LogP) is 3.55. The minimum Gasteiger partial charge on any atom is -0.354 e. The number of carbonyl (C=O) groups is 1. The third-order valence-electron chi connectivity index (χ3n) is 3.03. The zero-order valence-corrected chi connectivity index (χ0v) is 15.7. The number of thiazole rings is 1. The molecule has 0 bridgehead atoms. The van der Waals surface area contributed by atoms with Crippen LogP contribution in [0, 0.1) is 0 Å². The van der Waals surface area contributed by atoms with Gasteiger partial charge in [-0.15, -0.1) is 36.2 Å². The third-order valence-corrected chi connectivity index (χ3v) is 3.97. The van der Waals surface area contributed by atoms with Gasteiger partial charge in [-0.1, -0.05) is 12.1 Å². The SMILES string of the molecule is CNCCNC(=O)Cc1csc(-c2cccc(C(F)(F)F)c2)n1.Cl.Cl. The van der Waals surface area contributed by atoms with Gasteiger partial charge in [-0.05, 0) is 19.2 Å². The number of nitrogens with zero attached hydrogens (tertiary/aromatic N) is 1. The van der Waals surface area contributed by atoms with E-state index in [-0.39, 0.29) is 37.1 Å². The molecule has 4 nitrogen and oxygen atoms in total. The molecule has 0 aliphatic carbocycles. The zero-order valence-electron chi connectivity index (χ0n) is 13.2. The number of nitrogens with one attached hydrogen (secondary N) is 2. The monoisotopic (exact) mass is 415 g/mol. The van der Waals surface area contributed by atoms with E-state index in [1.54, 1.807) is 18.5 Å². The largest absolute Gasteiger partial charge is 0.416 e. The Hall–Kier alpha value is -1.35. The first kappa shape index (κ1) is 23.6. The molecule has 0 fully saturated rings. The molecular formula is C15H18Cl2F3N3OS. The second kappa shape index (κ2) is 10.6. The highest BCUT2D eigenvalue weighted by molar-refractivity contribution is 7.13. The number of likely N-dealkylation sites (N-methyl/N-ethyl adjacent to an activating group) is 1. The standard InChI is InChI=1S/C15H16F3N3OS.2ClH/c1-19-5-6-20-13(22)8-12-9-23-14(21-12)10-3-2-4-11(7-10)15(16,17)18;;/h2-4,7,9,19H,5-6,8H2,1H3,(H,20,22);2*1H. The number of halogens is 5. The maximum Gasteiger partial charge on any atom is 0.416 e. The highest BCUT2D eigenvalue weighted by atomic mass is 35.5. The molecule has 1 aromatic carbocycles. The Morgan fingerprint density at radius 1 is 1.24 bits per heavy atom. The second-order valence-corrected chi connectivity index (χ2v) is 5.71. The normalized spacial score (nSPS) is 10.6. The van der Waals surface area contributed by atoms with Crippen LogP contribution >= 0.6 is 36.2 Å². The van der Waals surface area contributed by atoms with E-state index in [1.165, 1.54) is 17.4 Å². The van der Waals surface area contributed by atoms with Crippen LogP contribution in [0.15, 0.2) is 29.6 Å². The van der Waals surface area contributed by atoms with Gasteiger partial charge in [0.05, 0.1) is 17.7 Å². The minimum absolute atomic E-state index is 0. The van der Waals surface area contributed by atoms with E-state index in [0.717, 1.165) is 12.1 Å². The molecule has 0 aliphatic rings. The Bertz CT molecular complexity index is 680. The molecule has 0 aliphatic heterocycles. The van der Waals surface area contributed by atoms with Crippen molar-refractivity contribution in [2.24, 2.45) is 0 Å². The first-order valence-electron chi connectivity index (χ1n) is 6.93. The van der Waals surface area contributed by atoms with Crippen molar-refractivity contribution < 1.29 is 18.0 Å². The van der Waals surface area contributed by atoms with Gasteiger partial charge in [-0.2, -0.15) is 13.2 Å². The lowest BCUT2D eigenvalue weighted by molar-refractivity contribution is -0.137. The molecule has 1 aromatic heterocycles. The smallest absolute Gasteiger partial charge is 0.354 e. The summed E-state index contributed by atoms with van der Waals surface area (Å²) in [5, 5.41) is 7.79. The van der Waals surface area contributed by atoms with Crippen LogP contribution in [0.1, 0.15) is 11.3 Å². The molecule has 0 radical (unpaired) electrons. The molecule has 0 atom stereocenters. The summed E-state index contributed by atoms with van der Waals surface area (Å²) >= 11 is 1.22. The lowest BCUT2D eigenvalue weighted by Gasteiger charge is -2.07. The van der Waals surface area contributed by atoms with Crippen LogP contribution in [0.5, 0.6) is 0 Å². The molecule has 10 heteroatoms. The number of hydrogen-bond acceptors (Lipinski definition) is 4. The van der Waals surface area contributed by atoms with Crippen LogP contribution in [0.3, 0.4) is 0 Å². The molecule has 1 amide bonds. The fraction of sp³-hybridized carbons (Fsp3) is 0.333. The van der Waals surface area contributed by atoms with Gasteiger partial charge in [0.15, 0.2) is 0 Å². The van der Waals surface area contributed by atoms with Crippen LogP contribution in [0.25, 0.3) is 10.6 Å². The van der Waals surface area contributed by atoms with Crippen molar-refractivity contribution >= 4 is 42.1 Å². The van der Waals surface area contributed by atoms with Gasteiger partial charge in [0.1, 0.15) is 5.01 Å². The summed E-state index contributed by atoms with van der Waals surface area (Å²) < 4.78 is 38.2. The molecule has 2 rings (SSSR count). The number of carbonyl (C=O) groups excluding carboxylic acids is 1. The van der Waals surface area contributed by atoms with Gasteiger partial charge in [0, 0.05) is 24.0 Å². The van der Waals surface area contributed by atoms with E-state index < -0.39 is 11.7 Å². The quantitative estimate of drug-likeness (QED) is 0.709. The van der Waals surface area contributed by atoms with Crippen LogP contribution < -0.4 is 10.6 Å². The van der Waals surface area contributed by atoms with Crippen LogP contribution in [-0.4, -0.2) is 31.0 Å². The van der Waals surface area contributed by atoms with E-state index in [4.69, 9.17) is 0 Å². The summed E-state index contributed by atoms with van der Waals surface area (Å²) in [5.74, 6) is -0.166. The average Bonchev–Trinajstić information content (AvgIpc) is 2.95. The Balaban J connectivity index is 0.00000288. The van der Waals surface area contributed by atoms with Crippen LogP contribution in [-0.2, 0) is 17.4 Å². The summed E-state index contributed by atoms with van der Waals surface area (Å²) in [6.07, 6.45) is -4.28. The summed E-state index contributed by atoms with van der Waals surface area (Å²) in [6.45, 7) is 1.18. The number of rotatable bonds is 6. The van der Waals surface area contributed by atoms with Gasteiger partial charge < -0.3 is 10.6 Å². The molecule has 0 unspecified atom stereocenters. The van der Waals surface area contributed by atoms with E-state index in [2.05, 4.69) is 15.6 Å². The Morgan fingerprint density at radius 3 is 2.60 bits per heavy atom. The third kappa shape index (κ3) is 7.19. The molecular weight excluding hydrogens is 398 g/mol. The highest BCUT2D eigenvalue weighted by Gasteiger charge is 2.30. The van der Waals surface area contributed by atoms with Crippen LogP contribution in [0.4, 0.5) is 13.2 Å². The van der Waals surface area contributed by atoms with Gasteiger partial charge in [0.25, 0.3) is 0 Å². The lowest BCUT2D eigenvalue weighted by Crippen LogP contribution is -2.31. The number of alkyl halides is 3. The molecule has 0 saturated carbocycles. The average molecular weight is 416 g/mol. The molecule has 1 heterocycles. The van der Waals surface area contributed by atoms with Crippen molar-refractivity contribution in [1.29, 1.82) is 0 Å². The number of hydrogen-bond donors (Lipinski definition) is 2. The second-order valence-electron chi connectivity index (χ2n) is 4.85. The van der Waals surface area contributed by atoms with Crippen molar-refractivity contribution in [2.45, 2.75) is 12.6 Å². The number of benzene rings is 1. The van der Waals surface area contributed by atoms with Crippen molar-refractivity contribution in [3.8, 4) is 10.6 Å². The van der Waals surface area contributed by atoms with E-state index >= 15 is 0 Å². The van der Waals surface area contributed by atoms with Crippen molar-refractivity contribution in [3.05, 3.63) is 40.9 Å². The molecule has 2 aromatic rings. The van der Waals surface area contributed by atoms with E-state index in [0.29, 0.717) is 29.4 Å². The molecule has 0 spiro atoms. The summed E-state index contributed by atoms with van der Waals surface area (Å²) in [6, 6.07) is 5.01. The predicted molar refractivity (Wildman–Crippen MR) is 97.7 cm³/mol. The molecule has 2 N–H and O–H groups in total. The Morgan fingerprint density at radius 2 is 1.96 bits per heavy atom. The van der Waals surface area contributed by atoms with Crippen molar-refractivity contribution in [3.63, 3.8) is 0 Å².